The number of carbonyl (C=O) groups is 1. The zero-order valence-corrected chi connectivity index (χ0v) is 18.3. The van der Waals surface area contributed by atoms with E-state index < -0.39 is 6.04 Å². The molecular formula is C24H26FN3O2S. The van der Waals surface area contributed by atoms with Crippen molar-refractivity contribution in [1.82, 2.24) is 9.55 Å². The topological polar surface area (TPSA) is 64.0 Å². The average Bonchev–Trinajstić information content (AvgIpc) is 3.26. The molecule has 0 spiro atoms. The molecule has 4 rings (SSSR count). The Morgan fingerprint density at radius 1 is 1.19 bits per heavy atom. The number of thiazole rings is 1. The van der Waals surface area contributed by atoms with Crippen molar-refractivity contribution < 1.29 is 9.18 Å². The van der Waals surface area contributed by atoms with E-state index in [9.17, 15) is 14.0 Å². The number of anilines is 1. The summed E-state index contributed by atoms with van der Waals surface area (Å²) in [6, 6.07) is 8.89. The Kier molecular flexibility index (Phi) is 6.61. The molecule has 2 heterocycles. The maximum absolute atomic E-state index is 13.3. The highest BCUT2D eigenvalue weighted by molar-refractivity contribution is 7.13. The van der Waals surface area contributed by atoms with Gasteiger partial charge in [0.25, 0.3) is 5.56 Å². The molecule has 5 nitrogen and oxygen atoms in total. The number of benzene rings is 1. The lowest BCUT2D eigenvalue weighted by Gasteiger charge is -2.28. The highest BCUT2D eigenvalue weighted by Crippen LogP contribution is 2.32. The lowest BCUT2D eigenvalue weighted by atomic mass is 9.84. The van der Waals surface area contributed by atoms with Crippen LogP contribution in [0.4, 0.5) is 9.52 Å². The summed E-state index contributed by atoms with van der Waals surface area (Å²) in [5.41, 5.74) is 1.97. The molecule has 1 aromatic carbocycles. The van der Waals surface area contributed by atoms with Gasteiger partial charge in [-0.05, 0) is 48.6 Å². The number of aryl methyl sites for hydroxylation is 1. The van der Waals surface area contributed by atoms with Gasteiger partial charge in [-0.1, -0.05) is 44.2 Å². The minimum absolute atomic E-state index is 0.208. The molecule has 1 fully saturated rings. The number of halogens is 1. The Labute approximate surface area is 185 Å². The van der Waals surface area contributed by atoms with E-state index in [-0.39, 0.29) is 17.3 Å². The van der Waals surface area contributed by atoms with E-state index in [1.807, 2.05) is 13.0 Å². The standard InChI is InChI=1S/C24H26FN3O2S/c1-16-13-19(18-7-9-20(25)10-8-18)15-22(29)28(16)21(14-17-5-3-2-4-6-17)23(30)27-24-26-11-12-31-24/h7-13,15,17,21H,2-6,14H2,1H3,(H,26,27,30). The monoisotopic (exact) mass is 439 g/mol. The molecule has 31 heavy (non-hydrogen) atoms. The van der Waals surface area contributed by atoms with Gasteiger partial charge in [0.15, 0.2) is 5.13 Å². The lowest BCUT2D eigenvalue weighted by molar-refractivity contribution is -0.120. The van der Waals surface area contributed by atoms with E-state index in [1.54, 1.807) is 28.3 Å². The summed E-state index contributed by atoms with van der Waals surface area (Å²) < 4.78 is 14.9. The van der Waals surface area contributed by atoms with E-state index in [1.165, 1.54) is 48.8 Å². The fourth-order valence-corrected chi connectivity index (χ4v) is 5.00. The van der Waals surface area contributed by atoms with Crippen molar-refractivity contribution in [3.8, 4) is 11.1 Å². The van der Waals surface area contributed by atoms with Gasteiger partial charge in [0, 0.05) is 23.3 Å². The molecule has 1 aliphatic rings. The number of nitrogens with one attached hydrogen (secondary N) is 1. The van der Waals surface area contributed by atoms with Crippen LogP contribution in [-0.2, 0) is 4.79 Å². The predicted octanol–water partition coefficient (Wildman–Crippen LogP) is 5.57. The Morgan fingerprint density at radius 3 is 2.58 bits per heavy atom. The third-order valence-corrected chi connectivity index (χ3v) is 6.68. The number of pyridine rings is 1. The van der Waals surface area contributed by atoms with Crippen molar-refractivity contribution in [3.05, 3.63) is 69.8 Å². The van der Waals surface area contributed by atoms with E-state index in [2.05, 4.69) is 10.3 Å². The van der Waals surface area contributed by atoms with Crippen molar-refractivity contribution in [2.75, 3.05) is 5.32 Å². The van der Waals surface area contributed by atoms with E-state index in [0.29, 0.717) is 23.2 Å². The number of amides is 1. The minimum atomic E-state index is -0.596. The molecule has 1 N–H and O–H groups in total. The smallest absolute Gasteiger partial charge is 0.252 e. The minimum Gasteiger partial charge on any atom is -0.300 e. The highest BCUT2D eigenvalue weighted by atomic mass is 32.1. The SMILES string of the molecule is Cc1cc(-c2ccc(F)cc2)cc(=O)n1C(CC1CCCCC1)C(=O)Nc1nccs1. The van der Waals surface area contributed by atoms with Crippen LogP contribution in [0.15, 0.2) is 52.8 Å². The van der Waals surface area contributed by atoms with Gasteiger partial charge in [0.05, 0.1) is 0 Å². The van der Waals surface area contributed by atoms with Crippen LogP contribution < -0.4 is 10.9 Å². The molecule has 1 unspecified atom stereocenters. The van der Waals surface area contributed by atoms with Crippen LogP contribution in [0.1, 0.15) is 50.3 Å². The van der Waals surface area contributed by atoms with Crippen LogP contribution in [0, 0.1) is 18.7 Å². The first-order valence-corrected chi connectivity index (χ1v) is 11.6. The molecule has 7 heteroatoms. The van der Waals surface area contributed by atoms with Crippen LogP contribution in [0.3, 0.4) is 0 Å². The molecular weight excluding hydrogens is 413 g/mol. The Bertz CT molecular complexity index is 1090. The summed E-state index contributed by atoms with van der Waals surface area (Å²) in [5, 5.41) is 5.22. The van der Waals surface area contributed by atoms with Gasteiger partial charge in [0.2, 0.25) is 5.91 Å². The number of nitrogens with zero attached hydrogens (tertiary/aromatic N) is 2. The summed E-state index contributed by atoms with van der Waals surface area (Å²) in [6.45, 7) is 1.85. The molecule has 0 aliphatic heterocycles. The van der Waals surface area contributed by atoms with Gasteiger partial charge in [-0.2, -0.15) is 0 Å². The van der Waals surface area contributed by atoms with Crippen LogP contribution in [-0.4, -0.2) is 15.5 Å². The molecule has 1 amide bonds. The van der Waals surface area contributed by atoms with E-state index in [0.717, 1.165) is 24.0 Å². The normalized spacial score (nSPS) is 15.5. The summed E-state index contributed by atoms with van der Waals surface area (Å²) in [7, 11) is 0. The first-order chi connectivity index (χ1) is 15.0. The maximum Gasteiger partial charge on any atom is 0.252 e. The first-order valence-electron chi connectivity index (χ1n) is 10.7. The molecule has 162 valence electrons. The van der Waals surface area contributed by atoms with Gasteiger partial charge in [0.1, 0.15) is 11.9 Å². The lowest BCUT2D eigenvalue weighted by Crippen LogP contribution is -2.36. The number of rotatable bonds is 6. The summed E-state index contributed by atoms with van der Waals surface area (Å²) in [6.07, 6.45) is 8.02. The van der Waals surface area contributed by atoms with Crippen LogP contribution in [0.5, 0.6) is 0 Å². The highest BCUT2D eigenvalue weighted by Gasteiger charge is 2.28. The fourth-order valence-electron chi connectivity index (χ4n) is 4.46. The second-order valence-corrected chi connectivity index (χ2v) is 9.08. The third-order valence-electron chi connectivity index (χ3n) is 6.00. The number of hydrogen-bond acceptors (Lipinski definition) is 4. The van der Waals surface area contributed by atoms with Crippen molar-refractivity contribution in [2.24, 2.45) is 5.92 Å². The van der Waals surface area contributed by atoms with E-state index >= 15 is 0 Å². The molecule has 3 aromatic rings. The van der Waals surface area contributed by atoms with Crippen LogP contribution in [0.25, 0.3) is 11.1 Å². The van der Waals surface area contributed by atoms with E-state index in [4.69, 9.17) is 0 Å². The first kappa shape index (κ1) is 21.4. The third kappa shape index (κ3) is 5.10. The van der Waals surface area contributed by atoms with Crippen molar-refractivity contribution in [1.29, 1.82) is 0 Å². The fraction of sp³-hybridized carbons (Fsp3) is 0.375. The molecule has 0 radical (unpaired) electrons. The predicted molar refractivity (Wildman–Crippen MR) is 122 cm³/mol. The quantitative estimate of drug-likeness (QED) is 0.546. The zero-order chi connectivity index (χ0) is 21.8. The van der Waals surface area contributed by atoms with Gasteiger partial charge >= 0.3 is 0 Å². The number of aromatic nitrogens is 2. The van der Waals surface area contributed by atoms with Crippen molar-refractivity contribution in [2.45, 2.75) is 51.5 Å². The van der Waals surface area contributed by atoms with Crippen LogP contribution in [0.2, 0.25) is 0 Å². The summed E-state index contributed by atoms with van der Waals surface area (Å²) in [4.78, 5) is 30.6. The summed E-state index contributed by atoms with van der Waals surface area (Å²) >= 11 is 1.36. The second-order valence-electron chi connectivity index (χ2n) is 8.18. The molecule has 0 bridgehead atoms. The Morgan fingerprint density at radius 2 is 1.94 bits per heavy atom. The van der Waals surface area contributed by atoms with Gasteiger partial charge in [-0.3, -0.25) is 9.59 Å². The summed E-state index contributed by atoms with van der Waals surface area (Å²) in [5.74, 6) is -0.107. The second kappa shape index (κ2) is 9.56. The van der Waals surface area contributed by atoms with Gasteiger partial charge < -0.3 is 9.88 Å². The van der Waals surface area contributed by atoms with Crippen molar-refractivity contribution >= 4 is 22.4 Å². The largest absolute Gasteiger partial charge is 0.300 e. The number of hydrogen-bond donors (Lipinski definition) is 1. The Balaban J connectivity index is 1.68. The molecule has 2 aromatic heterocycles. The zero-order valence-electron chi connectivity index (χ0n) is 17.5. The molecule has 1 atom stereocenters. The molecule has 1 saturated carbocycles. The van der Waals surface area contributed by atoms with Gasteiger partial charge in [-0.25, -0.2) is 9.37 Å². The van der Waals surface area contributed by atoms with Gasteiger partial charge in [-0.15, -0.1) is 11.3 Å². The number of carbonyl (C=O) groups excluding carboxylic acids is 1. The maximum atomic E-state index is 13.3. The Hall–Kier alpha value is -2.80. The van der Waals surface area contributed by atoms with Crippen LogP contribution >= 0.6 is 11.3 Å². The van der Waals surface area contributed by atoms with Crippen molar-refractivity contribution in [3.63, 3.8) is 0 Å². The average molecular weight is 440 g/mol. The molecule has 1 aliphatic carbocycles. The molecule has 0 saturated heterocycles.